The predicted octanol–water partition coefficient (Wildman–Crippen LogP) is 4.36. The number of aromatic amines is 1. The molecule has 3 heterocycles. The van der Waals surface area contributed by atoms with E-state index in [9.17, 15) is 4.39 Å². The third-order valence-electron chi connectivity index (χ3n) is 4.91. The second kappa shape index (κ2) is 7.27. The van der Waals surface area contributed by atoms with Crippen molar-refractivity contribution in [2.45, 2.75) is 6.42 Å². The zero-order chi connectivity index (χ0) is 19.6. The number of pyridine rings is 1. The summed E-state index contributed by atoms with van der Waals surface area (Å²) in [5.41, 5.74) is 4.58. The van der Waals surface area contributed by atoms with Gasteiger partial charge in [-0.3, -0.25) is 4.98 Å². The number of aromatic nitrogens is 5. The van der Waals surface area contributed by atoms with Gasteiger partial charge < -0.3 is 10.3 Å². The number of anilines is 1. The molecule has 2 aromatic carbocycles. The van der Waals surface area contributed by atoms with Gasteiger partial charge in [0.25, 0.3) is 0 Å². The minimum atomic E-state index is -0.256. The number of nitrogens with zero attached hydrogens (tertiary/aromatic N) is 4. The number of H-pyrrole nitrogens is 1. The fourth-order valence-electron chi connectivity index (χ4n) is 3.57. The first-order chi connectivity index (χ1) is 14.3. The molecule has 2 N–H and O–H groups in total. The Kier molecular flexibility index (Phi) is 4.32. The molecule has 0 bridgehead atoms. The zero-order valence-corrected chi connectivity index (χ0v) is 15.4. The molecule has 0 saturated carbocycles. The first kappa shape index (κ1) is 17.2. The highest BCUT2D eigenvalue weighted by Gasteiger charge is 2.15. The van der Waals surface area contributed by atoms with Gasteiger partial charge in [-0.05, 0) is 24.1 Å². The summed E-state index contributed by atoms with van der Waals surface area (Å²) >= 11 is 0. The lowest BCUT2D eigenvalue weighted by Crippen LogP contribution is -2.08. The number of nitrogens with one attached hydrogen (secondary N) is 2. The number of benzene rings is 2. The molecular weight excluding hydrogens is 367 g/mol. The average Bonchev–Trinajstić information content (AvgIpc) is 3.24. The summed E-state index contributed by atoms with van der Waals surface area (Å²) < 4.78 is 14.6. The summed E-state index contributed by atoms with van der Waals surface area (Å²) in [6.07, 6.45) is 5.50. The third-order valence-corrected chi connectivity index (χ3v) is 4.91. The third kappa shape index (κ3) is 3.16. The van der Waals surface area contributed by atoms with E-state index in [2.05, 4.69) is 30.2 Å². The van der Waals surface area contributed by atoms with Crippen molar-refractivity contribution in [2.75, 3.05) is 11.9 Å². The van der Waals surface area contributed by atoms with Crippen molar-refractivity contribution in [1.82, 2.24) is 24.9 Å². The quantitative estimate of drug-likeness (QED) is 0.471. The molecule has 0 radical (unpaired) electrons. The van der Waals surface area contributed by atoms with Crippen molar-refractivity contribution in [3.63, 3.8) is 0 Å². The maximum Gasteiger partial charge on any atom is 0.162 e. The van der Waals surface area contributed by atoms with Crippen molar-refractivity contribution in [2.24, 2.45) is 0 Å². The standard InChI is InChI=1S/C22H17FN6/c23-17-6-2-1-5-16(17)18-14(7-8-15-4-3-10-24-19(15)18)9-11-25-21-20-22(27-12-26-20)29-13-28-21/h1-8,10,12-13H,9,11H2,(H2,25,26,27,28,29). The van der Waals surface area contributed by atoms with Gasteiger partial charge in [0, 0.05) is 29.3 Å². The average molecular weight is 384 g/mol. The van der Waals surface area contributed by atoms with Crippen molar-refractivity contribution in [3.8, 4) is 11.1 Å². The van der Waals surface area contributed by atoms with Crippen LogP contribution in [0.5, 0.6) is 0 Å². The summed E-state index contributed by atoms with van der Waals surface area (Å²) in [4.78, 5) is 20.2. The maximum atomic E-state index is 14.6. The summed E-state index contributed by atoms with van der Waals surface area (Å²) in [7, 11) is 0. The highest BCUT2D eigenvalue weighted by molar-refractivity contribution is 5.95. The van der Waals surface area contributed by atoms with Crippen molar-refractivity contribution in [1.29, 1.82) is 0 Å². The molecule has 0 aliphatic carbocycles. The van der Waals surface area contributed by atoms with Crippen LogP contribution < -0.4 is 5.32 Å². The Labute approximate surface area is 165 Å². The Morgan fingerprint density at radius 3 is 2.76 bits per heavy atom. The molecule has 142 valence electrons. The van der Waals surface area contributed by atoms with E-state index in [1.54, 1.807) is 24.7 Å². The largest absolute Gasteiger partial charge is 0.368 e. The molecule has 5 rings (SSSR count). The molecule has 0 aliphatic heterocycles. The van der Waals surface area contributed by atoms with Gasteiger partial charge in [-0.25, -0.2) is 19.3 Å². The highest BCUT2D eigenvalue weighted by atomic mass is 19.1. The van der Waals surface area contributed by atoms with Gasteiger partial charge in [0.2, 0.25) is 0 Å². The second-order valence-corrected chi connectivity index (χ2v) is 6.65. The molecule has 7 heteroatoms. The van der Waals surface area contributed by atoms with Crippen LogP contribution in [0.2, 0.25) is 0 Å². The van der Waals surface area contributed by atoms with Gasteiger partial charge in [-0.15, -0.1) is 0 Å². The minimum absolute atomic E-state index is 0.256. The summed E-state index contributed by atoms with van der Waals surface area (Å²) in [5, 5.41) is 4.30. The lowest BCUT2D eigenvalue weighted by atomic mass is 9.94. The van der Waals surface area contributed by atoms with E-state index < -0.39 is 0 Å². The maximum absolute atomic E-state index is 14.6. The Bertz CT molecular complexity index is 1310. The van der Waals surface area contributed by atoms with Gasteiger partial charge in [-0.1, -0.05) is 36.4 Å². The summed E-state index contributed by atoms with van der Waals surface area (Å²) in [5.74, 6) is 0.413. The van der Waals surface area contributed by atoms with Gasteiger partial charge >= 0.3 is 0 Å². The van der Waals surface area contributed by atoms with Crippen LogP contribution in [0.4, 0.5) is 10.2 Å². The molecule has 0 amide bonds. The van der Waals surface area contributed by atoms with Gasteiger partial charge in [0.1, 0.15) is 17.7 Å². The van der Waals surface area contributed by atoms with Crippen LogP contribution in [0, 0.1) is 5.82 Å². The first-order valence-electron chi connectivity index (χ1n) is 9.31. The zero-order valence-electron chi connectivity index (χ0n) is 15.4. The number of fused-ring (bicyclic) bond motifs is 2. The van der Waals surface area contributed by atoms with Crippen LogP contribution >= 0.6 is 0 Å². The van der Waals surface area contributed by atoms with Gasteiger partial charge in [0.15, 0.2) is 11.5 Å². The monoisotopic (exact) mass is 384 g/mol. The lowest BCUT2D eigenvalue weighted by molar-refractivity contribution is 0.631. The Morgan fingerprint density at radius 2 is 1.83 bits per heavy atom. The Hall–Kier alpha value is -3.87. The van der Waals surface area contributed by atoms with Crippen LogP contribution in [0.1, 0.15) is 5.56 Å². The summed E-state index contributed by atoms with van der Waals surface area (Å²) in [6, 6.07) is 14.8. The Balaban J connectivity index is 1.51. The molecule has 0 fully saturated rings. The molecule has 0 unspecified atom stereocenters. The van der Waals surface area contributed by atoms with Crippen LogP contribution in [-0.4, -0.2) is 31.5 Å². The first-order valence-corrected chi connectivity index (χ1v) is 9.31. The fourth-order valence-corrected chi connectivity index (χ4v) is 3.57. The predicted molar refractivity (Wildman–Crippen MR) is 111 cm³/mol. The van der Waals surface area contributed by atoms with Crippen LogP contribution in [0.15, 0.2) is 67.4 Å². The van der Waals surface area contributed by atoms with E-state index >= 15 is 0 Å². The second-order valence-electron chi connectivity index (χ2n) is 6.65. The van der Waals surface area contributed by atoms with Crippen molar-refractivity contribution in [3.05, 3.63) is 78.8 Å². The van der Waals surface area contributed by atoms with Crippen molar-refractivity contribution >= 4 is 27.9 Å². The molecular formula is C22H17FN6. The topological polar surface area (TPSA) is 79.4 Å². The lowest BCUT2D eigenvalue weighted by Gasteiger charge is -2.14. The van der Waals surface area contributed by atoms with Gasteiger partial charge in [-0.2, -0.15) is 0 Å². The number of hydrogen-bond donors (Lipinski definition) is 2. The van der Waals surface area contributed by atoms with E-state index in [0.717, 1.165) is 22.0 Å². The number of imidazole rings is 1. The SMILES string of the molecule is Fc1ccccc1-c1c(CCNc2ncnc3[nH]cnc23)ccc2cccnc12. The van der Waals surface area contributed by atoms with E-state index in [-0.39, 0.29) is 5.82 Å². The molecule has 0 saturated heterocycles. The normalized spacial score (nSPS) is 11.2. The minimum Gasteiger partial charge on any atom is -0.368 e. The summed E-state index contributed by atoms with van der Waals surface area (Å²) in [6.45, 7) is 0.610. The van der Waals surface area contributed by atoms with Crippen LogP contribution in [0.25, 0.3) is 33.2 Å². The van der Waals surface area contributed by atoms with Gasteiger partial charge in [0.05, 0.1) is 11.8 Å². The number of hydrogen-bond acceptors (Lipinski definition) is 5. The smallest absolute Gasteiger partial charge is 0.162 e. The van der Waals surface area contributed by atoms with E-state index in [0.29, 0.717) is 35.5 Å². The van der Waals surface area contributed by atoms with Crippen molar-refractivity contribution < 1.29 is 4.39 Å². The van der Waals surface area contributed by atoms with E-state index in [4.69, 9.17) is 0 Å². The number of rotatable bonds is 5. The number of halogens is 1. The molecule has 29 heavy (non-hydrogen) atoms. The molecule has 3 aromatic heterocycles. The van der Waals surface area contributed by atoms with E-state index in [1.807, 2.05) is 30.3 Å². The molecule has 5 aromatic rings. The molecule has 0 aliphatic rings. The fraction of sp³-hybridized carbons (Fsp3) is 0.0909. The Morgan fingerprint density at radius 1 is 0.897 bits per heavy atom. The molecule has 6 nitrogen and oxygen atoms in total. The van der Waals surface area contributed by atoms with Crippen LogP contribution in [-0.2, 0) is 6.42 Å². The van der Waals surface area contributed by atoms with E-state index in [1.165, 1.54) is 12.4 Å². The van der Waals surface area contributed by atoms with Crippen LogP contribution in [0.3, 0.4) is 0 Å². The highest BCUT2D eigenvalue weighted by Crippen LogP contribution is 2.33. The molecule has 0 spiro atoms. The molecule has 0 atom stereocenters.